The Bertz CT molecular complexity index is 1120. The molecule has 6 nitrogen and oxygen atoms in total. The highest BCUT2D eigenvalue weighted by atomic mass is 35.5. The Hall–Kier alpha value is -2.93. The summed E-state index contributed by atoms with van der Waals surface area (Å²) in [5.74, 6) is -0.237. The minimum Gasteiger partial charge on any atom is -0.379 e. The molecule has 0 bridgehead atoms. The number of hydrogen-bond acceptors (Lipinski definition) is 4. The third-order valence-corrected chi connectivity index (χ3v) is 5.98. The summed E-state index contributed by atoms with van der Waals surface area (Å²) in [5.41, 5.74) is 8.26. The fourth-order valence-electron chi connectivity index (χ4n) is 3.93. The summed E-state index contributed by atoms with van der Waals surface area (Å²) in [4.78, 5) is 14.8. The number of carbonyl (C=O) groups excluding carboxylic acids is 1. The highest BCUT2D eigenvalue weighted by molar-refractivity contribution is 6.32. The number of ether oxygens (including phenoxy) is 1. The first-order valence-electron chi connectivity index (χ1n) is 10.7. The van der Waals surface area contributed by atoms with Crippen molar-refractivity contribution in [2.75, 3.05) is 26.3 Å². The number of amides is 1. The van der Waals surface area contributed by atoms with Crippen molar-refractivity contribution >= 4 is 23.7 Å². The largest absolute Gasteiger partial charge is 0.379 e. The van der Waals surface area contributed by atoms with E-state index < -0.39 is 0 Å². The minimum absolute atomic E-state index is 0.237. The zero-order chi connectivity index (χ0) is 22.5. The number of nitrogens with one attached hydrogen (secondary N) is 1. The van der Waals surface area contributed by atoms with Gasteiger partial charge in [-0.25, -0.2) is 5.43 Å². The van der Waals surface area contributed by atoms with Crippen molar-refractivity contribution in [2.45, 2.75) is 20.4 Å². The van der Waals surface area contributed by atoms with E-state index in [1.165, 1.54) is 5.56 Å². The van der Waals surface area contributed by atoms with Crippen molar-refractivity contribution in [1.29, 1.82) is 0 Å². The van der Waals surface area contributed by atoms with E-state index in [0.29, 0.717) is 10.6 Å². The van der Waals surface area contributed by atoms with Gasteiger partial charge in [-0.05, 0) is 49.7 Å². The van der Waals surface area contributed by atoms with Gasteiger partial charge in [0, 0.05) is 42.1 Å². The molecule has 1 aromatic heterocycles. The fraction of sp³-hybridized carbons (Fsp3) is 0.280. The van der Waals surface area contributed by atoms with E-state index in [4.69, 9.17) is 16.3 Å². The van der Waals surface area contributed by atoms with Crippen LogP contribution in [0.3, 0.4) is 0 Å². The summed E-state index contributed by atoms with van der Waals surface area (Å²) in [6.45, 7) is 8.32. The smallest absolute Gasteiger partial charge is 0.271 e. The number of hydrogen-bond donors (Lipinski definition) is 1. The molecule has 1 amide bonds. The van der Waals surface area contributed by atoms with Crippen LogP contribution in [0.15, 0.2) is 59.7 Å². The molecule has 0 saturated carbocycles. The molecule has 3 aromatic rings. The number of morpholine rings is 1. The monoisotopic (exact) mass is 450 g/mol. The molecule has 1 aliphatic rings. The van der Waals surface area contributed by atoms with Crippen molar-refractivity contribution in [3.05, 3.63) is 87.7 Å². The van der Waals surface area contributed by atoms with Crippen LogP contribution in [0.1, 0.15) is 32.9 Å². The lowest BCUT2D eigenvalue weighted by molar-refractivity contribution is 0.0342. The minimum atomic E-state index is -0.237. The van der Waals surface area contributed by atoms with Gasteiger partial charge in [-0.1, -0.05) is 35.9 Å². The summed E-state index contributed by atoms with van der Waals surface area (Å²) in [5, 5.41) is 4.86. The van der Waals surface area contributed by atoms with Gasteiger partial charge in [0.2, 0.25) is 0 Å². The lowest BCUT2D eigenvalue weighted by Crippen LogP contribution is -2.35. The Morgan fingerprint density at radius 1 is 1.12 bits per heavy atom. The number of aromatic nitrogens is 1. The third-order valence-electron chi connectivity index (χ3n) is 5.66. The lowest BCUT2D eigenvalue weighted by atomic mass is 10.1. The number of nitrogens with zero attached hydrogens (tertiary/aromatic N) is 3. The molecule has 0 radical (unpaired) electrons. The highest BCUT2D eigenvalue weighted by Crippen LogP contribution is 2.25. The maximum Gasteiger partial charge on any atom is 0.271 e. The molecule has 0 unspecified atom stereocenters. The van der Waals surface area contributed by atoms with Crippen LogP contribution in [0.2, 0.25) is 5.02 Å². The number of para-hydroxylation sites is 1. The number of halogens is 1. The molecule has 1 saturated heterocycles. The second kappa shape index (κ2) is 10.1. The summed E-state index contributed by atoms with van der Waals surface area (Å²) >= 11 is 6.37. The van der Waals surface area contributed by atoms with Gasteiger partial charge in [-0.15, -0.1) is 0 Å². The molecule has 2 aromatic carbocycles. The molecule has 4 rings (SSSR count). The van der Waals surface area contributed by atoms with E-state index in [0.717, 1.165) is 55.5 Å². The van der Waals surface area contributed by atoms with Crippen LogP contribution in [0.25, 0.3) is 5.69 Å². The Morgan fingerprint density at radius 2 is 1.84 bits per heavy atom. The quantitative estimate of drug-likeness (QED) is 0.449. The molecule has 1 fully saturated rings. The Kier molecular flexibility index (Phi) is 7.05. The second-order valence-corrected chi connectivity index (χ2v) is 8.31. The number of carbonyl (C=O) groups is 1. The zero-order valence-corrected chi connectivity index (χ0v) is 19.1. The first kappa shape index (κ1) is 22.3. The SMILES string of the molecule is Cc1cc(/C=N\NC(=O)c2ccc(CN3CCOCC3)cc2)c(C)n1-c1ccccc1Cl. The number of aryl methyl sites for hydroxylation is 1. The van der Waals surface area contributed by atoms with Gasteiger partial charge < -0.3 is 9.30 Å². The highest BCUT2D eigenvalue weighted by Gasteiger charge is 2.13. The molecular weight excluding hydrogens is 424 g/mol. The average Bonchev–Trinajstić information content (AvgIpc) is 3.08. The molecule has 1 aliphatic heterocycles. The van der Waals surface area contributed by atoms with Crippen LogP contribution >= 0.6 is 11.6 Å². The predicted octanol–water partition coefficient (Wildman–Crippen LogP) is 4.34. The molecule has 0 spiro atoms. The first-order valence-corrected chi connectivity index (χ1v) is 11.1. The van der Waals surface area contributed by atoms with Gasteiger partial charge in [-0.2, -0.15) is 5.10 Å². The van der Waals surface area contributed by atoms with Crippen molar-refractivity contribution < 1.29 is 9.53 Å². The maximum absolute atomic E-state index is 12.5. The molecule has 2 heterocycles. The van der Waals surface area contributed by atoms with E-state index in [1.54, 1.807) is 6.21 Å². The van der Waals surface area contributed by atoms with Crippen molar-refractivity contribution in [3.63, 3.8) is 0 Å². The van der Waals surface area contributed by atoms with Gasteiger partial charge in [0.05, 0.1) is 30.1 Å². The van der Waals surface area contributed by atoms with Crippen LogP contribution in [-0.4, -0.2) is 47.9 Å². The van der Waals surface area contributed by atoms with Crippen molar-refractivity contribution in [3.8, 4) is 5.69 Å². The predicted molar refractivity (Wildman–Crippen MR) is 128 cm³/mol. The number of benzene rings is 2. The second-order valence-electron chi connectivity index (χ2n) is 7.90. The van der Waals surface area contributed by atoms with Gasteiger partial charge in [0.1, 0.15) is 0 Å². The van der Waals surface area contributed by atoms with Crippen LogP contribution in [-0.2, 0) is 11.3 Å². The molecule has 0 aliphatic carbocycles. The van der Waals surface area contributed by atoms with Crippen LogP contribution < -0.4 is 5.43 Å². The Labute approximate surface area is 193 Å². The first-order chi connectivity index (χ1) is 15.5. The molecule has 32 heavy (non-hydrogen) atoms. The Morgan fingerprint density at radius 3 is 2.56 bits per heavy atom. The zero-order valence-electron chi connectivity index (χ0n) is 18.3. The third kappa shape index (κ3) is 5.10. The van der Waals surface area contributed by atoms with Crippen LogP contribution in [0.5, 0.6) is 0 Å². The molecular formula is C25H27ClN4O2. The van der Waals surface area contributed by atoms with Gasteiger partial charge in [0.15, 0.2) is 0 Å². The number of rotatable bonds is 6. The van der Waals surface area contributed by atoms with Gasteiger partial charge in [-0.3, -0.25) is 9.69 Å². The summed E-state index contributed by atoms with van der Waals surface area (Å²) in [7, 11) is 0. The number of hydrazone groups is 1. The van der Waals surface area contributed by atoms with Crippen LogP contribution in [0.4, 0.5) is 0 Å². The summed E-state index contributed by atoms with van der Waals surface area (Å²) in [6, 6.07) is 17.4. The summed E-state index contributed by atoms with van der Waals surface area (Å²) < 4.78 is 7.47. The van der Waals surface area contributed by atoms with Gasteiger partial charge in [0.25, 0.3) is 5.91 Å². The topological polar surface area (TPSA) is 58.9 Å². The van der Waals surface area contributed by atoms with Crippen LogP contribution in [0, 0.1) is 13.8 Å². The maximum atomic E-state index is 12.5. The average molecular weight is 451 g/mol. The molecule has 7 heteroatoms. The lowest BCUT2D eigenvalue weighted by Gasteiger charge is -2.26. The van der Waals surface area contributed by atoms with E-state index in [9.17, 15) is 4.79 Å². The Balaban J connectivity index is 1.39. The molecule has 166 valence electrons. The summed E-state index contributed by atoms with van der Waals surface area (Å²) in [6.07, 6.45) is 1.67. The van der Waals surface area contributed by atoms with Gasteiger partial charge >= 0.3 is 0 Å². The standard InChI is InChI=1S/C25H27ClN4O2/c1-18-15-22(19(2)30(18)24-6-4-3-5-23(24)26)16-27-28-25(31)21-9-7-20(8-10-21)17-29-11-13-32-14-12-29/h3-10,15-16H,11-14,17H2,1-2H3,(H,28,31)/b27-16-. The van der Waals surface area contributed by atoms with E-state index >= 15 is 0 Å². The molecule has 0 atom stereocenters. The van der Waals surface area contributed by atoms with E-state index in [1.807, 2.05) is 68.4 Å². The van der Waals surface area contributed by atoms with E-state index in [-0.39, 0.29) is 5.91 Å². The fourth-order valence-corrected chi connectivity index (χ4v) is 4.15. The van der Waals surface area contributed by atoms with Crippen molar-refractivity contribution in [2.24, 2.45) is 5.10 Å². The van der Waals surface area contributed by atoms with Crippen molar-refractivity contribution in [1.82, 2.24) is 14.9 Å². The van der Waals surface area contributed by atoms with E-state index in [2.05, 4.69) is 20.0 Å². The normalized spacial score (nSPS) is 14.7. The molecule has 1 N–H and O–H groups in total.